The van der Waals surface area contributed by atoms with Crippen molar-refractivity contribution in [2.24, 2.45) is 0 Å². The molecule has 1 N–H and O–H groups in total. The third-order valence-electron chi connectivity index (χ3n) is 4.35. The smallest absolute Gasteiger partial charge is 0.326 e. The van der Waals surface area contributed by atoms with Gasteiger partial charge in [-0.05, 0) is 13.3 Å². The van der Waals surface area contributed by atoms with Crippen LogP contribution in [0.5, 0.6) is 0 Å². The number of carbonyl (C=O) groups is 2. The molecule has 1 aromatic heterocycles. The molecule has 0 unspecified atom stereocenters. The summed E-state index contributed by atoms with van der Waals surface area (Å²) in [6.07, 6.45) is -0.882. The zero-order chi connectivity index (χ0) is 22.1. The quantitative estimate of drug-likeness (QED) is 0.544. The standard InChI is InChI=1S/C17H16F3N5O4S/c1-11-14(26)25(16(27)23-11)10-30(28,29)24-6-4-12(5-7-24)2-3-13-8-21-15(22-9-13)17(18,19)20/h4,8-9,11H,5-7,10H2,1H3,(H,23,27)/t11-/m0/s1. The van der Waals surface area contributed by atoms with Crippen LogP contribution in [0.2, 0.25) is 0 Å². The highest BCUT2D eigenvalue weighted by atomic mass is 32.2. The number of alkyl halides is 3. The molecule has 0 spiro atoms. The van der Waals surface area contributed by atoms with Crippen LogP contribution in [0, 0.1) is 11.8 Å². The summed E-state index contributed by atoms with van der Waals surface area (Å²) < 4.78 is 63.5. The summed E-state index contributed by atoms with van der Waals surface area (Å²) in [7, 11) is -3.91. The second-order valence-corrected chi connectivity index (χ2v) is 8.50. The Labute approximate surface area is 170 Å². The predicted molar refractivity (Wildman–Crippen MR) is 96.8 cm³/mol. The molecule has 160 valence electrons. The van der Waals surface area contributed by atoms with Crippen molar-refractivity contribution in [3.05, 3.63) is 35.4 Å². The summed E-state index contributed by atoms with van der Waals surface area (Å²) in [6.45, 7) is 1.55. The lowest BCUT2D eigenvalue weighted by Crippen LogP contribution is -2.44. The molecule has 1 aromatic rings. The van der Waals surface area contributed by atoms with Crippen LogP contribution in [0.25, 0.3) is 0 Å². The van der Waals surface area contributed by atoms with Crippen LogP contribution in [0.15, 0.2) is 24.0 Å². The highest BCUT2D eigenvalue weighted by Crippen LogP contribution is 2.25. The van der Waals surface area contributed by atoms with E-state index in [4.69, 9.17) is 0 Å². The van der Waals surface area contributed by atoms with E-state index in [0.29, 0.717) is 10.5 Å². The monoisotopic (exact) mass is 443 g/mol. The number of urea groups is 1. The normalized spacial score (nSPS) is 20.5. The van der Waals surface area contributed by atoms with Gasteiger partial charge in [-0.15, -0.1) is 0 Å². The van der Waals surface area contributed by atoms with Crippen LogP contribution in [0.1, 0.15) is 24.7 Å². The van der Waals surface area contributed by atoms with Crippen LogP contribution in [0.3, 0.4) is 0 Å². The Kier molecular flexibility index (Phi) is 5.82. The highest BCUT2D eigenvalue weighted by molar-refractivity contribution is 7.89. The zero-order valence-electron chi connectivity index (χ0n) is 15.6. The van der Waals surface area contributed by atoms with Crippen molar-refractivity contribution >= 4 is 22.0 Å². The Hall–Kier alpha value is -2.98. The first kappa shape index (κ1) is 21.7. The minimum atomic E-state index is -4.63. The van der Waals surface area contributed by atoms with Gasteiger partial charge in [0.25, 0.3) is 5.91 Å². The summed E-state index contributed by atoms with van der Waals surface area (Å²) in [6, 6.07) is -1.53. The fraction of sp³-hybridized carbons (Fsp3) is 0.412. The molecule has 0 aliphatic carbocycles. The number of hydrogen-bond acceptors (Lipinski definition) is 6. The molecule has 0 saturated carbocycles. The Balaban J connectivity index is 1.63. The number of nitrogens with one attached hydrogen (secondary N) is 1. The van der Waals surface area contributed by atoms with Crippen LogP contribution < -0.4 is 5.32 Å². The molecule has 1 fully saturated rings. The van der Waals surface area contributed by atoms with E-state index in [1.807, 2.05) is 0 Å². The molecule has 9 nitrogen and oxygen atoms in total. The van der Waals surface area contributed by atoms with E-state index in [1.54, 1.807) is 6.08 Å². The SMILES string of the molecule is C[C@@H]1NC(=O)N(CS(=O)(=O)N2CC=C(C#Cc3cnc(C(F)(F)F)nc3)CC2)C1=O. The van der Waals surface area contributed by atoms with Crippen molar-refractivity contribution in [1.82, 2.24) is 24.5 Å². The fourth-order valence-corrected chi connectivity index (χ4v) is 4.14. The first-order valence-corrected chi connectivity index (χ1v) is 10.3. The molecule has 13 heteroatoms. The molecule has 0 radical (unpaired) electrons. The maximum absolute atomic E-state index is 12.5. The van der Waals surface area contributed by atoms with Gasteiger partial charge in [-0.2, -0.15) is 17.5 Å². The Morgan fingerprint density at radius 1 is 1.23 bits per heavy atom. The van der Waals surface area contributed by atoms with E-state index in [-0.39, 0.29) is 25.1 Å². The predicted octanol–water partition coefficient (Wildman–Crippen LogP) is 0.707. The topological polar surface area (TPSA) is 113 Å². The van der Waals surface area contributed by atoms with Crippen LogP contribution in [0.4, 0.5) is 18.0 Å². The third-order valence-corrected chi connectivity index (χ3v) is 6.05. The number of nitrogens with zero attached hydrogens (tertiary/aromatic N) is 4. The molecule has 0 bridgehead atoms. The van der Waals surface area contributed by atoms with E-state index in [9.17, 15) is 31.2 Å². The van der Waals surface area contributed by atoms with Crippen LogP contribution >= 0.6 is 0 Å². The molecule has 2 aliphatic heterocycles. The Bertz CT molecular complexity index is 1060. The van der Waals surface area contributed by atoms with E-state index >= 15 is 0 Å². The fourth-order valence-electron chi connectivity index (χ4n) is 2.73. The molecule has 30 heavy (non-hydrogen) atoms. The van der Waals surface area contributed by atoms with Crippen molar-refractivity contribution in [2.45, 2.75) is 25.6 Å². The minimum Gasteiger partial charge on any atom is -0.326 e. The Morgan fingerprint density at radius 2 is 1.90 bits per heavy atom. The largest absolute Gasteiger partial charge is 0.451 e. The third kappa shape index (κ3) is 4.77. The average Bonchev–Trinajstić information content (AvgIpc) is 2.92. The van der Waals surface area contributed by atoms with Gasteiger partial charge in [-0.25, -0.2) is 28.1 Å². The number of sulfonamides is 1. The molecule has 2 aliphatic rings. The van der Waals surface area contributed by atoms with E-state index in [2.05, 4.69) is 27.1 Å². The second-order valence-electron chi connectivity index (χ2n) is 6.56. The van der Waals surface area contributed by atoms with Gasteiger partial charge in [0.2, 0.25) is 15.8 Å². The summed E-state index contributed by atoms with van der Waals surface area (Å²) in [5.74, 6) is 2.78. The summed E-state index contributed by atoms with van der Waals surface area (Å²) >= 11 is 0. The van der Waals surface area contributed by atoms with E-state index < -0.39 is 45.9 Å². The minimum absolute atomic E-state index is 0.00490. The van der Waals surface area contributed by atoms with Gasteiger partial charge < -0.3 is 5.32 Å². The average molecular weight is 443 g/mol. The van der Waals surface area contributed by atoms with Crippen molar-refractivity contribution in [3.63, 3.8) is 0 Å². The number of rotatable bonds is 3. The van der Waals surface area contributed by atoms with Gasteiger partial charge in [0, 0.05) is 31.1 Å². The molecule has 3 amide bonds. The van der Waals surface area contributed by atoms with Gasteiger partial charge >= 0.3 is 12.2 Å². The highest BCUT2D eigenvalue weighted by Gasteiger charge is 2.39. The summed E-state index contributed by atoms with van der Waals surface area (Å²) in [4.78, 5) is 30.7. The number of amides is 3. The van der Waals surface area contributed by atoms with E-state index in [1.165, 1.54) is 6.92 Å². The van der Waals surface area contributed by atoms with Crippen LogP contribution in [-0.2, 0) is 21.0 Å². The number of aromatic nitrogens is 2. The first-order valence-electron chi connectivity index (χ1n) is 8.67. The summed E-state index contributed by atoms with van der Waals surface area (Å²) in [5.41, 5.74) is 0.789. The first-order chi connectivity index (χ1) is 14.0. The van der Waals surface area contributed by atoms with Crippen molar-refractivity contribution in [1.29, 1.82) is 0 Å². The lowest BCUT2D eigenvalue weighted by molar-refractivity contribution is -0.145. The number of imide groups is 1. The van der Waals surface area contributed by atoms with E-state index in [0.717, 1.165) is 16.7 Å². The van der Waals surface area contributed by atoms with Crippen molar-refractivity contribution < 1.29 is 31.2 Å². The number of halogens is 3. The van der Waals surface area contributed by atoms with Crippen molar-refractivity contribution in [3.8, 4) is 11.8 Å². The molecular weight excluding hydrogens is 427 g/mol. The molecule has 3 rings (SSSR count). The maximum Gasteiger partial charge on any atom is 0.451 e. The summed E-state index contributed by atoms with van der Waals surface area (Å²) in [5, 5.41) is 2.34. The number of hydrogen-bond donors (Lipinski definition) is 1. The lowest BCUT2D eigenvalue weighted by Gasteiger charge is -2.26. The molecule has 1 atom stereocenters. The number of carbonyl (C=O) groups excluding carboxylic acids is 2. The maximum atomic E-state index is 12.5. The van der Waals surface area contributed by atoms with Gasteiger partial charge in [-0.3, -0.25) is 4.79 Å². The molecule has 1 saturated heterocycles. The second kappa shape index (κ2) is 8.04. The van der Waals surface area contributed by atoms with Gasteiger partial charge in [0.15, 0.2) is 0 Å². The molecular formula is C17H16F3N5O4S. The van der Waals surface area contributed by atoms with Gasteiger partial charge in [-0.1, -0.05) is 17.9 Å². The Morgan fingerprint density at radius 3 is 2.40 bits per heavy atom. The molecule has 0 aromatic carbocycles. The van der Waals surface area contributed by atoms with Gasteiger partial charge in [0.05, 0.1) is 5.56 Å². The van der Waals surface area contributed by atoms with Crippen LogP contribution in [-0.4, -0.2) is 64.5 Å². The zero-order valence-corrected chi connectivity index (χ0v) is 16.4. The lowest BCUT2D eigenvalue weighted by atomic mass is 10.1. The van der Waals surface area contributed by atoms with Gasteiger partial charge in [0.1, 0.15) is 11.9 Å². The molecule has 3 heterocycles. The van der Waals surface area contributed by atoms with Crippen molar-refractivity contribution in [2.75, 3.05) is 19.0 Å².